The number of ether oxygens (including phenoxy) is 1. The van der Waals surface area contributed by atoms with Gasteiger partial charge in [0.05, 0.1) is 18.2 Å². The first kappa shape index (κ1) is 23.4. The predicted molar refractivity (Wildman–Crippen MR) is 124 cm³/mol. The van der Waals surface area contributed by atoms with E-state index in [1.807, 2.05) is 0 Å². The number of aliphatic hydroxyl groups excluding tert-OH is 1. The van der Waals surface area contributed by atoms with E-state index in [2.05, 4.69) is 9.88 Å². The van der Waals surface area contributed by atoms with Gasteiger partial charge in [0.25, 0.3) is 5.56 Å². The number of carbonyl (C=O) groups excluding carboxylic acids is 1. The quantitative estimate of drug-likeness (QED) is 0.581. The van der Waals surface area contributed by atoms with Gasteiger partial charge < -0.3 is 14.8 Å². The van der Waals surface area contributed by atoms with Crippen molar-refractivity contribution < 1.29 is 27.8 Å². The molecule has 2 saturated heterocycles. The Morgan fingerprint density at radius 3 is 2.54 bits per heavy atom. The number of carbonyl (C=O) groups is 1. The first-order valence-electron chi connectivity index (χ1n) is 11.4. The first-order valence-corrected chi connectivity index (χ1v) is 11.4. The molecule has 1 amide bonds. The minimum atomic E-state index is -4.56. The third-order valence-electron chi connectivity index (χ3n) is 6.56. The largest absolute Gasteiger partial charge is 0.443 e. The van der Waals surface area contributed by atoms with Gasteiger partial charge in [0.1, 0.15) is 6.10 Å². The molecule has 35 heavy (non-hydrogen) atoms. The molecule has 184 valence electrons. The Hall–Kier alpha value is -3.37. The van der Waals surface area contributed by atoms with Crippen molar-refractivity contribution in [3.05, 3.63) is 64.4 Å². The lowest BCUT2D eigenvalue weighted by molar-refractivity contribution is -0.137. The Balaban J connectivity index is 1.40. The van der Waals surface area contributed by atoms with Crippen LogP contribution < -0.4 is 10.5 Å². The number of amides is 1. The average Bonchev–Trinajstić information content (AvgIpc) is 3.19. The summed E-state index contributed by atoms with van der Waals surface area (Å²) in [6, 6.07) is 11.4. The van der Waals surface area contributed by atoms with E-state index in [-0.39, 0.29) is 28.9 Å². The summed E-state index contributed by atoms with van der Waals surface area (Å²) in [6.45, 7) is 2.35. The third-order valence-corrected chi connectivity index (χ3v) is 6.56. The average molecular weight is 487 g/mol. The summed E-state index contributed by atoms with van der Waals surface area (Å²) in [5.41, 5.74) is -0.948. The number of anilines is 1. The van der Waals surface area contributed by atoms with Crippen molar-refractivity contribution >= 4 is 22.6 Å². The molecule has 3 aromatic rings. The van der Waals surface area contributed by atoms with E-state index in [1.165, 1.54) is 29.2 Å². The minimum Gasteiger partial charge on any atom is -0.443 e. The molecule has 0 saturated carbocycles. The zero-order valence-electron chi connectivity index (χ0n) is 18.7. The van der Waals surface area contributed by atoms with Crippen molar-refractivity contribution in [1.29, 1.82) is 0 Å². The van der Waals surface area contributed by atoms with Crippen LogP contribution in [0, 0.1) is 0 Å². The number of benzene rings is 2. The lowest BCUT2D eigenvalue weighted by atomic mass is 10.0. The standard InChI is InChI=1S/C25H24F3N3O4/c26-25(27,28)21-4-2-1-3-19(21)22-11-15-5-6-16(12-20(15)23(33)29-22)31-14-18(35-24(31)34)13-30-9-7-17(32)8-10-30/h1-6,11-12,17-18,32H,7-10,13-14H2,(H,29,33)/t18-/m0/s1. The number of fused-ring (bicyclic) bond motifs is 1. The first-order chi connectivity index (χ1) is 16.7. The molecule has 0 spiro atoms. The number of likely N-dealkylation sites (tertiary alicyclic amines) is 1. The van der Waals surface area contributed by atoms with Gasteiger partial charge in [0.2, 0.25) is 0 Å². The van der Waals surface area contributed by atoms with Crippen LogP contribution in [0.15, 0.2) is 53.3 Å². The third kappa shape index (κ3) is 4.76. The van der Waals surface area contributed by atoms with Crippen molar-refractivity contribution in [2.75, 3.05) is 31.1 Å². The molecular formula is C25H24F3N3O4. The molecule has 0 radical (unpaired) electrons. The number of rotatable bonds is 4. The number of halogens is 3. The van der Waals surface area contributed by atoms with Crippen LogP contribution in [0.25, 0.3) is 22.0 Å². The van der Waals surface area contributed by atoms with E-state index in [4.69, 9.17) is 4.74 Å². The lowest BCUT2D eigenvalue weighted by Crippen LogP contribution is -2.41. The summed E-state index contributed by atoms with van der Waals surface area (Å²) in [4.78, 5) is 31.5. The van der Waals surface area contributed by atoms with Gasteiger partial charge in [-0.05, 0) is 42.5 Å². The fourth-order valence-electron chi connectivity index (χ4n) is 4.74. The number of cyclic esters (lactones) is 1. The molecule has 2 aliphatic rings. The second kappa shape index (κ2) is 9.01. The fraction of sp³-hybridized carbons (Fsp3) is 0.360. The highest BCUT2D eigenvalue weighted by Gasteiger charge is 2.35. The topological polar surface area (TPSA) is 85.9 Å². The van der Waals surface area contributed by atoms with Crippen LogP contribution >= 0.6 is 0 Å². The number of aromatic nitrogens is 1. The van der Waals surface area contributed by atoms with E-state index in [0.717, 1.165) is 19.2 Å². The molecule has 0 bridgehead atoms. The summed E-state index contributed by atoms with van der Waals surface area (Å²) in [6.07, 6.45) is -4.33. The predicted octanol–water partition coefficient (Wildman–Crippen LogP) is 4.00. The summed E-state index contributed by atoms with van der Waals surface area (Å²) < 4.78 is 45.9. The molecule has 10 heteroatoms. The second-order valence-corrected chi connectivity index (χ2v) is 8.98. The maximum Gasteiger partial charge on any atom is 0.417 e. The maximum absolute atomic E-state index is 13.5. The number of aliphatic hydroxyl groups is 1. The molecule has 2 N–H and O–H groups in total. The Morgan fingerprint density at radius 1 is 1.06 bits per heavy atom. The van der Waals surface area contributed by atoms with Crippen LogP contribution in [-0.4, -0.2) is 59.5 Å². The number of alkyl halides is 3. The Labute approximate surface area is 198 Å². The highest BCUT2D eigenvalue weighted by Crippen LogP contribution is 2.36. The minimum absolute atomic E-state index is 0.0653. The van der Waals surface area contributed by atoms with Crippen LogP contribution in [0.3, 0.4) is 0 Å². The van der Waals surface area contributed by atoms with Crippen LogP contribution in [0.4, 0.5) is 23.7 Å². The van der Waals surface area contributed by atoms with Crippen molar-refractivity contribution in [1.82, 2.24) is 9.88 Å². The van der Waals surface area contributed by atoms with Gasteiger partial charge in [0, 0.05) is 42.0 Å². The summed E-state index contributed by atoms with van der Waals surface area (Å²) >= 11 is 0. The van der Waals surface area contributed by atoms with Gasteiger partial charge in [-0.25, -0.2) is 4.79 Å². The molecule has 1 aromatic heterocycles. The number of aromatic amines is 1. The van der Waals surface area contributed by atoms with Gasteiger partial charge >= 0.3 is 12.3 Å². The summed E-state index contributed by atoms with van der Waals surface area (Å²) in [5, 5.41) is 10.4. The molecule has 0 unspecified atom stereocenters. The van der Waals surface area contributed by atoms with E-state index in [0.29, 0.717) is 37.0 Å². The van der Waals surface area contributed by atoms with Crippen LogP contribution in [-0.2, 0) is 10.9 Å². The van der Waals surface area contributed by atoms with Gasteiger partial charge in [0.15, 0.2) is 0 Å². The lowest BCUT2D eigenvalue weighted by Gasteiger charge is -2.30. The van der Waals surface area contributed by atoms with Crippen LogP contribution in [0.2, 0.25) is 0 Å². The number of hydrogen-bond acceptors (Lipinski definition) is 5. The molecule has 7 nitrogen and oxygen atoms in total. The summed E-state index contributed by atoms with van der Waals surface area (Å²) in [7, 11) is 0. The van der Waals surface area contributed by atoms with Crippen LogP contribution in [0.5, 0.6) is 0 Å². The molecule has 0 aliphatic carbocycles. The zero-order chi connectivity index (χ0) is 24.7. The zero-order valence-corrected chi connectivity index (χ0v) is 18.7. The maximum atomic E-state index is 13.5. The number of pyridine rings is 1. The molecule has 1 atom stereocenters. The van der Waals surface area contributed by atoms with Gasteiger partial charge in [-0.2, -0.15) is 13.2 Å². The molecule has 2 aliphatic heterocycles. The van der Waals surface area contributed by atoms with Gasteiger partial charge in [-0.1, -0.05) is 24.3 Å². The summed E-state index contributed by atoms with van der Waals surface area (Å²) in [5.74, 6) is 0. The smallest absolute Gasteiger partial charge is 0.417 e. The second-order valence-electron chi connectivity index (χ2n) is 8.98. The SMILES string of the molecule is O=C1O[C@@H](CN2CCC(O)CC2)CN1c1ccc2cc(-c3ccccc3C(F)(F)F)[nH]c(=O)c2c1. The monoisotopic (exact) mass is 487 g/mol. The molecule has 5 rings (SSSR count). The van der Waals surface area contributed by atoms with Gasteiger partial charge in [-0.15, -0.1) is 0 Å². The van der Waals surface area contributed by atoms with Gasteiger partial charge in [-0.3, -0.25) is 14.6 Å². The van der Waals surface area contributed by atoms with E-state index in [9.17, 15) is 27.9 Å². The van der Waals surface area contributed by atoms with Crippen LogP contribution in [0.1, 0.15) is 18.4 Å². The molecule has 2 aromatic carbocycles. The van der Waals surface area contributed by atoms with E-state index < -0.39 is 23.4 Å². The number of hydrogen-bond donors (Lipinski definition) is 2. The molecule has 3 heterocycles. The molecule has 2 fully saturated rings. The van der Waals surface area contributed by atoms with Crippen molar-refractivity contribution in [3.8, 4) is 11.3 Å². The number of piperidine rings is 1. The highest BCUT2D eigenvalue weighted by molar-refractivity contribution is 5.94. The van der Waals surface area contributed by atoms with Crippen molar-refractivity contribution in [3.63, 3.8) is 0 Å². The van der Waals surface area contributed by atoms with Crippen molar-refractivity contribution in [2.24, 2.45) is 0 Å². The number of H-pyrrole nitrogens is 1. The Bertz CT molecular complexity index is 1320. The number of nitrogens with zero attached hydrogens (tertiary/aromatic N) is 2. The fourth-order valence-corrected chi connectivity index (χ4v) is 4.74. The Kier molecular flexibility index (Phi) is 6.02. The highest BCUT2D eigenvalue weighted by atomic mass is 19.4. The van der Waals surface area contributed by atoms with E-state index in [1.54, 1.807) is 18.2 Å². The Morgan fingerprint density at radius 2 is 1.80 bits per heavy atom. The number of nitrogens with one attached hydrogen (secondary N) is 1. The molecular weight excluding hydrogens is 463 g/mol. The normalized spacial score (nSPS) is 19.9. The van der Waals surface area contributed by atoms with E-state index >= 15 is 0 Å². The van der Waals surface area contributed by atoms with Crippen molar-refractivity contribution in [2.45, 2.75) is 31.2 Å².